The molecule has 4 rings (SSSR count). The Labute approximate surface area is 152 Å². The zero-order valence-corrected chi connectivity index (χ0v) is 14.8. The molecule has 0 aliphatic rings. The summed E-state index contributed by atoms with van der Waals surface area (Å²) in [5.74, 6) is 0.464. The second kappa shape index (κ2) is 6.64. The average molecular weight is 342 g/mol. The minimum absolute atomic E-state index is 0.215. The van der Waals surface area contributed by atoms with E-state index >= 15 is 4.39 Å². The molecule has 0 radical (unpaired) electrons. The van der Waals surface area contributed by atoms with Crippen LogP contribution in [0.3, 0.4) is 0 Å². The van der Waals surface area contributed by atoms with Gasteiger partial charge in [-0.3, -0.25) is 0 Å². The van der Waals surface area contributed by atoms with Gasteiger partial charge in [0.1, 0.15) is 11.6 Å². The van der Waals surface area contributed by atoms with Crippen LogP contribution in [0.15, 0.2) is 78.9 Å². The standard InChI is InChI=1S/C24H19FO/c1-16-9-8-14-22(26-2)23(16)21-15-20(17-10-4-3-5-11-17)18-12-6-7-13-19(18)24(21)25/h3-15H,1-2H3. The summed E-state index contributed by atoms with van der Waals surface area (Å²) in [5.41, 5.74) is 4.44. The van der Waals surface area contributed by atoms with E-state index in [1.54, 1.807) is 7.11 Å². The van der Waals surface area contributed by atoms with Crippen LogP contribution >= 0.6 is 0 Å². The summed E-state index contributed by atoms with van der Waals surface area (Å²) in [6, 6.07) is 25.5. The number of fused-ring (bicyclic) bond motifs is 1. The summed E-state index contributed by atoms with van der Waals surface area (Å²) < 4.78 is 21.0. The molecule has 4 aromatic carbocycles. The molecule has 0 aliphatic heterocycles. The van der Waals surface area contributed by atoms with Gasteiger partial charge in [-0.2, -0.15) is 0 Å². The molecule has 2 heteroatoms. The molecule has 0 atom stereocenters. The molecule has 0 unspecified atom stereocenters. The van der Waals surface area contributed by atoms with Crippen molar-refractivity contribution in [1.82, 2.24) is 0 Å². The smallest absolute Gasteiger partial charge is 0.139 e. The lowest BCUT2D eigenvalue weighted by Gasteiger charge is -2.16. The first-order valence-corrected chi connectivity index (χ1v) is 8.61. The van der Waals surface area contributed by atoms with E-state index in [9.17, 15) is 0 Å². The average Bonchev–Trinajstić information content (AvgIpc) is 2.69. The van der Waals surface area contributed by atoms with Crippen LogP contribution in [0.25, 0.3) is 33.0 Å². The summed E-state index contributed by atoms with van der Waals surface area (Å²) in [6.07, 6.45) is 0. The van der Waals surface area contributed by atoms with Crippen LogP contribution < -0.4 is 4.74 Å². The highest BCUT2D eigenvalue weighted by molar-refractivity contribution is 6.01. The summed E-state index contributed by atoms with van der Waals surface area (Å²) in [7, 11) is 1.62. The Hall–Kier alpha value is -3.13. The van der Waals surface area contributed by atoms with E-state index in [-0.39, 0.29) is 5.82 Å². The third kappa shape index (κ3) is 2.64. The van der Waals surface area contributed by atoms with Crippen LogP contribution in [-0.2, 0) is 0 Å². The van der Waals surface area contributed by atoms with E-state index in [4.69, 9.17) is 4.74 Å². The largest absolute Gasteiger partial charge is 0.496 e. The van der Waals surface area contributed by atoms with Gasteiger partial charge in [-0.25, -0.2) is 4.39 Å². The lowest BCUT2D eigenvalue weighted by atomic mass is 9.90. The van der Waals surface area contributed by atoms with Gasteiger partial charge in [-0.05, 0) is 41.1 Å². The van der Waals surface area contributed by atoms with Crippen LogP contribution in [-0.4, -0.2) is 7.11 Å². The number of ether oxygens (including phenoxy) is 1. The Morgan fingerprint density at radius 1 is 0.731 bits per heavy atom. The van der Waals surface area contributed by atoms with Crippen LogP contribution in [0, 0.1) is 12.7 Å². The molecule has 0 saturated carbocycles. The van der Waals surface area contributed by atoms with Crippen molar-refractivity contribution < 1.29 is 9.13 Å². The van der Waals surface area contributed by atoms with E-state index in [1.165, 1.54) is 0 Å². The van der Waals surface area contributed by atoms with E-state index in [0.29, 0.717) is 16.7 Å². The molecule has 4 aromatic rings. The Bertz CT molecular complexity index is 1080. The molecule has 0 amide bonds. The predicted octanol–water partition coefficient (Wildman–Crippen LogP) is 6.63. The molecule has 128 valence electrons. The number of aryl methyl sites for hydroxylation is 1. The maximum Gasteiger partial charge on any atom is 0.139 e. The van der Waals surface area contributed by atoms with Gasteiger partial charge in [0, 0.05) is 16.5 Å². The van der Waals surface area contributed by atoms with Crippen molar-refractivity contribution in [3.8, 4) is 28.0 Å². The van der Waals surface area contributed by atoms with Gasteiger partial charge < -0.3 is 4.74 Å². The van der Waals surface area contributed by atoms with Gasteiger partial charge in [0.05, 0.1) is 7.11 Å². The van der Waals surface area contributed by atoms with Gasteiger partial charge >= 0.3 is 0 Å². The summed E-state index contributed by atoms with van der Waals surface area (Å²) in [5, 5.41) is 1.53. The minimum Gasteiger partial charge on any atom is -0.496 e. The normalized spacial score (nSPS) is 10.9. The van der Waals surface area contributed by atoms with Gasteiger partial charge in [-0.1, -0.05) is 66.7 Å². The first-order valence-electron chi connectivity index (χ1n) is 8.61. The SMILES string of the molecule is COc1cccc(C)c1-c1cc(-c2ccccc2)c2ccccc2c1F. The van der Waals surface area contributed by atoms with Gasteiger partial charge in [0.2, 0.25) is 0 Å². The fraction of sp³-hybridized carbons (Fsp3) is 0.0833. The van der Waals surface area contributed by atoms with Crippen LogP contribution in [0.2, 0.25) is 0 Å². The number of hydrogen-bond acceptors (Lipinski definition) is 1. The zero-order chi connectivity index (χ0) is 18.1. The fourth-order valence-electron chi connectivity index (χ4n) is 3.53. The second-order valence-corrected chi connectivity index (χ2v) is 6.35. The highest BCUT2D eigenvalue weighted by atomic mass is 19.1. The van der Waals surface area contributed by atoms with Crippen LogP contribution in [0.5, 0.6) is 5.75 Å². The van der Waals surface area contributed by atoms with Crippen molar-refractivity contribution in [3.63, 3.8) is 0 Å². The molecule has 0 N–H and O–H groups in total. The van der Waals surface area contributed by atoms with Crippen LogP contribution in [0.4, 0.5) is 4.39 Å². The third-order valence-corrected chi connectivity index (χ3v) is 4.79. The van der Waals surface area contributed by atoms with E-state index in [0.717, 1.165) is 27.6 Å². The Morgan fingerprint density at radius 2 is 1.42 bits per heavy atom. The lowest BCUT2D eigenvalue weighted by molar-refractivity contribution is 0.416. The first-order chi connectivity index (χ1) is 12.7. The van der Waals surface area contributed by atoms with E-state index in [2.05, 4.69) is 12.1 Å². The molecule has 0 bridgehead atoms. The van der Waals surface area contributed by atoms with E-state index in [1.807, 2.05) is 73.7 Å². The predicted molar refractivity (Wildman–Crippen MR) is 106 cm³/mol. The van der Waals surface area contributed by atoms with Gasteiger partial charge in [-0.15, -0.1) is 0 Å². The summed E-state index contributed by atoms with van der Waals surface area (Å²) in [4.78, 5) is 0. The molecular weight excluding hydrogens is 323 g/mol. The van der Waals surface area contributed by atoms with Crippen molar-refractivity contribution in [3.05, 3.63) is 90.2 Å². The quantitative estimate of drug-likeness (QED) is 0.406. The molecule has 0 aromatic heterocycles. The molecule has 1 nitrogen and oxygen atoms in total. The molecule has 0 fully saturated rings. The Balaban J connectivity index is 2.11. The number of benzene rings is 4. The van der Waals surface area contributed by atoms with Crippen molar-refractivity contribution in [1.29, 1.82) is 0 Å². The van der Waals surface area contributed by atoms with Crippen molar-refractivity contribution in [2.24, 2.45) is 0 Å². The van der Waals surface area contributed by atoms with Gasteiger partial charge in [0.25, 0.3) is 0 Å². The molecular formula is C24H19FO. The molecule has 0 heterocycles. The van der Waals surface area contributed by atoms with Crippen molar-refractivity contribution in [2.75, 3.05) is 7.11 Å². The molecule has 26 heavy (non-hydrogen) atoms. The number of hydrogen-bond donors (Lipinski definition) is 0. The van der Waals surface area contributed by atoms with Crippen molar-refractivity contribution in [2.45, 2.75) is 6.92 Å². The molecule has 0 aliphatic carbocycles. The fourth-order valence-corrected chi connectivity index (χ4v) is 3.53. The van der Waals surface area contributed by atoms with Crippen molar-refractivity contribution >= 4 is 10.8 Å². The second-order valence-electron chi connectivity index (χ2n) is 6.35. The Morgan fingerprint density at radius 3 is 2.15 bits per heavy atom. The number of halogens is 1. The maximum absolute atomic E-state index is 15.5. The summed E-state index contributed by atoms with van der Waals surface area (Å²) >= 11 is 0. The van der Waals surface area contributed by atoms with E-state index < -0.39 is 0 Å². The van der Waals surface area contributed by atoms with Gasteiger partial charge in [0.15, 0.2) is 0 Å². The monoisotopic (exact) mass is 342 g/mol. The first kappa shape index (κ1) is 16.3. The third-order valence-electron chi connectivity index (χ3n) is 4.79. The van der Waals surface area contributed by atoms with Crippen LogP contribution in [0.1, 0.15) is 5.56 Å². The highest BCUT2D eigenvalue weighted by Crippen LogP contribution is 2.41. The highest BCUT2D eigenvalue weighted by Gasteiger charge is 2.18. The topological polar surface area (TPSA) is 9.23 Å². The maximum atomic E-state index is 15.5. The minimum atomic E-state index is -0.215. The molecule has 0 spiro atoms. The Kier molecular flexibility index (Phi) is 4.18. The molecule has 0 saturated heterocycles. The lowest BCUT2D eigenvalue weighted by Crippen LogP contribution is -1.96. The zero-order valence-electron chi connectivity index (χ0n) is 14.8. The summed E-state index contributed by atoms with van der Waals surface area (Å²) in [6.45, 7) is 1.98. The number of methoxy groups -OCH3 is 1. The number of rotatable bonds is 3.